The van der Waals surface area contributed by atoms with Crippen molar-refractivity contribution in [1.82, 2.24) is 0 Å². The lowest BCUT2D eigenvalue weighted by Crippen LogP contribution is -2.35. The molecule has 2 nitrogen and oxygen atoms in total. The summed E-state index contributed by atoms with van der Waals surface area (Å²) in [5.74, 6) is 0.158. The van der Waals surface area contributed by atoms with Gasteiger partial charge in [0, 0.05) is 12.8 Å². The molecule has 0 aliphatic carbocycles. The van der Waals surface area contributed by atoms with Gasteiger partial charge in [0.05, 0.1) is 35.1 Å². The molecule has 76 valence electrons. The number of allylic oxidation sites excluding steroid dienone is 1. The molecular formula is C10H21NOP+. The lowest BCUT2D eigenvalue weighted by atomic mass is 10.3. The Hall–Kier alpha value is -0.200. The summed E-state index contributed by atoms with van der Waals surface area (Å²) in [6.07, 6.45) is 3.26. The van der Waals surface area contributed by atoms with Crippen LogP contribution in [0.1, 0.15) is 13.3 Å². The van der Waals surface area contributed by atoms with Crippen LogP contribution in [0.2, 0.25) is 0 Å². The van der Waals surface area contributed by atoms with Crippen LogP contribution in [0.4, 0.5) is 0 Å². The highest BCUT2D eigenvalue weighted by atomic mass is 31.1. The third-order valence-corrected chi connectivity index (χ3v) is 5.48. The lowest BCUT2D eigenvalue weighted by Gasteiger charge is -2.34. The molecule has 0 fully saturated rings. The number of carbonyl (C=O) groups is 1. The van der Waals surface area contributed by atoms with Gasteiger partial charge in [-0.25, -0.2) is 0 Å². The normalized spacial score (nSPS) is 13.8. The van der Waals surface area contributed by atoms with Crippen LogP contribution in [0.3, 0.4) is 0 Å². The van der Waals surface area contributed by atoms with Gasteiger partial charge in [-0.15, -0.1) is 0 Å². The summed E-state index contributed by atoms with van der Waals surface area (Å²) in [7, 11) is 4.39. The van der Waals surface area contributed by atoms with Gasteiger partial charge in [-0.05, 0) is 6.08 Å². The number of rotatable bonds is 6. The van der Waals surface area contributed by atoms with Crippen molar-refractivity contribution in [2.24, 2.45) is 0 Å². The van der Waals surface area contributed by atoms with Crippen LogP contribution in [0.15, 0.2) is 12.7 Å². The fraction of sp³-hybridized carbons (Fsp3) is 0.700. The lowest BCUT2D eigenvalue weighted by molar-refractivity contribution is -0.762. The molecule has 0 bridgehead atoms. The van der Waals surface area contributed by atoms with Crippen LogP contribution in [0, 0.1) is 0 Å². The van der Waals surface area contributed by atoms with E-state index in [0.717, 1.165) is 10.8 Å². The Morgan fingerprint density at radius 3 is 2.46 bits per heavy atom. The average molecular weight is 202 g/mol. The maximum atomic E-state index is 11.0. The monoisotopic (exact) mass is 202 g/mol. The molecule has 3 heteroatoms. The molecule has 0 aliphatic rings. The van der Waals surface area contributed by atoms with Crippen LogP contribution in [-0.2, 0) is 4.79 Å². The molecule has 0 rings (SSSR count). The second-order valence-corrected chi connectivity index (χ2v) is 6.77. The van der Waals surface area contributed by atoms with Gasteiger partial charge in [-0.1, -0.05) is 13.5 Å². The summed E-state index contributed by atoms with van der Waals surface area (Å²) < 4.78 is 0.978. The van der Waals surface area contributed by atoms with Gasteiger partial charge in [0.15, 0.2) is 5.78 Å². The van der Waals surface area contributed by atoms with Crippen molar-refractivity contribution in [3.05, 3.63) is 12.7 Å². The first kappa shape index (κ1) is 12.8. The van der Waals surface area contributed by atoms with Gasteiger partial charge in [0.25, 0.3) is 0 Å². The van der Waals surface area contributed by atoms with Crippen molar-refractivity contribution < 1.29 is 9.05 Å². The van der Waals surface area contributed by atoms with Gasteiger partial charge in [-0.2, -0.15) is 0 Å². The standard InChI is InChI=1S/C10H21NOP/c1-6-10(12)8-9-11(3,4)13(5)7-2/h6H,1,7-9H2,2-5H3/q+1. The van der Waals surface area contributed by atoms with Crippen LogP contribution in [0.5, 0.6) is 0 Å². The van der Waals surface area contributed by atoms with E-state index < -0.39 is 0 Å². The molecule has 0 radical (unpaired) electrons. The number of carbonyl (C=O) groups excluding carboxylic acids is 1. The molecule has 0 amide bonds. The minimum Gasteiger partial charge on any atom is -0.314 e. The SMILES string of the molecule is C=CC(=O)CC[N+](C)(C)P(C)CC. The summed E-state index contributed by atoms with van der Waals surface area (Å²) >= 11 is 0. The second kappa shape index (κ2) is 5.51. The van der Waals surface area contributed by atoms with Crippen LogP contribution < -0.4 is 0 Å². The zero-order valence-corrected chi connectivity index (χ0v) is 10.1. The molecule has 1 atom stereocenters. The van der Waals surface area contributed by atoms with Gasteiger partial charge >= 0.3 is 0 Å². The van der Waals surface area contributed by atoms with Crippen molar-refractivity contribution in [3.63, 3.8) is 0 Å². The van der Waals surface area contributed by atoms with E-state index in [4.69, 9.17) is 0 Å². The van der Waals surface area contributed by atoms with Gasteiger partial charge in [0.2, 0.25) is 0 Å². The largest absolute Gasteiger partial charge is 0.314 e. The Morgan fingerprint density at radius 2 is 2.08 bits per heavy atom. The summed E-state index contributed by atoms with van der Waals surface area (Å²) in [6.45, 7) is 8.90. The Kier molecular flexibility index (Phi) is 5.43. The maximum absolute atomic E-state index is 11.0. The number of quaternary nitrogens is 1. The molecule has 0 N–H and O–H groups in total. The average Bonchev–Trinajstić information content (AvgIpc) is 2.12. The number of ketones is 1. The predicted octanol–water partition coefficient (Wildman–Crippen LogP) is 2.25. The molecule has 0 aliphatic heterocycles. The van der Waals surface area contributed by atoms with E-state index in [1.165, 1.54) is 12.2 Å². The third kappa shape index (κ3) is 4.54. The molecule has 13 heavy (non-hydrogen) atoms. The van der Waals surface area contributed by atoms with E-state index in [-0.39, 0.29) is 13.9 Å². The molecule has 0 aromatic heterocycles. The summed E-state index contributed by atoms with van der Waals surface area (Å²) in [4.78, 5) is 11.0. The highest BCUT2D eigenvalue weighted by Gasteiger charge is 2.23. The van der Waals surface area contributed by atoms with Gasteiger partial charge in [0.1, 0.15) is 0 Å². The predicted molar refractivity (Wildman–Crippen MR) is 60.2 cm³/mol. The minimum absolute atomic E-state index is 0.00630. The fourth-order valence-electron chi connectivity index (χ4n) is 1.04. The molecule has 0 spiro atoms. The van der Waals surface area contributed by atoms with E-state index in [2.05, 4.69) is 34.3 Å². The van der Waals surface area contributed by atoms with E-state index in [0.29, 0.717) is 6.42 Å². The molecule has 0 heterocycles. The van der Waals surface area contributed by atoms with Crippen molar-refractivity contribution >= 4 is 13.9 Å². The zero-order chi connectivity index (χ0) is 10.5. The van der Waals surface area contributed by atoms with Crippen LogP contribution in [-0.4, -0.2) is 43.5 Å². The third-order valence-electron chi connectivity index (χ3n) is 2.52. The van der Waals surface area contributed by atoms with Crippen LogP contribution >= 0.6 is 8.07 Å². The Morgan fingerprint density at radius 1 is 1.54 bits per heavy atom. The van der Waals surface area contributed by atoms with Crippen molar-refractivity contribution in [2.45, 2.75) is 13.3 Å². The first-order valence-electron chi connectivity index (χ1n) is 4.64. The smallest absolute Gasteiger partial charge is 0.160 e. The highest BCUT2D eigenvalue weighted by molar-refractivity contribution is 7.50. The van der Waals surface area contributed by atoms with E-state index in [1.807, 2.05) is 0 Å². The maximum Gasteiger partial charge on any atom is 0.160 e. The van der Waals surface area contributed by atoms with Crippen LogP contribution in [0.25, 0.3) is 0 Å². The van der Waals surface area contributed by atoms with Gasteiger partial charge in [-0.3, -0.25) is 4.79 Å². The second-order valence-electron chi connectivity index (χ2n) is 3.74. The summed E-state index contributed by atoms with van der Waals surface area (Å²) in [5, 5.41) is 0. The molecular weight excluding hydrogens is 181 g/mol. The molecule has 0 saturated carbocycles. The molecule has 0 aromatic carbocycles. The molecule has 0 saturated heterocycles. The zero-order valence-electron chi connectivity index (χ0n) is 9.21. The molecule has 0 aromatic rings. The number of nitrogens with zero attached hydrogens (tertiary/aromatic N) is 1. The van der Waals surface area contributed by atoms with Crippen molar-refractivity contribution in [1.29, 1.82) is 0 Å². The van der Waals surface area contributed by atoms with Crippen molar-refractivity contribution in [3.8, 4) is 0 Å². The number of hydrogen-bond donors (Lipinski definition) is 0. The fourth-order valence-corrected chi connectivity index (χ4v) is 2.25. The molecule has 1 unspecified atom stereocenters. The first-order chi connectivity index (χ1) is 5.94. The Labute approximate surface area is 83.0 Å². The Bertz CT molecular complexity index is 189. The quantitative estimate of drug-likeness (QED) is 0.477. The Balaban J connectivity index is 4.02. The highest BCUT2D eigenvalue weighted by Crippen LogP contribution is 2.40. The summed E-state index contributed by atoms with van der Waals surface area (Å²) in [5.41, 5.74) is 0. The van der Waals surface area contributed by atoms with E-state index >= 15 is 0 Å². The topological polar surface area (TPSA) is 17.1 Å². The first-order valence-corrected chi connectivity index (χ1v) is 6.56. The van der Waals surface area contributed by atoms with E-state index in [1.54, 1.807) is 0 Å². The number of hydrogen-bond acceptors (Lipinski definition) is 1. The summed E-state index contributed by atoms with van der Waals surface area (Å²) in [6, 6.07) is 0. The van der Waals surface area contributed by atoms with Crippen molar-refractivity contribution in [2.75, 3.05) is 33.5 Å². The van der Waals surface area contributed by atoms with Gasteiger partial charge < -0.3 is 4.25 Å². The van der Waals surface area contributed by atoms with E-state index in [9.17, 15) is 4.79 Å². The minimum atomic E-state index is -0.00630.